The fourth-order valence-electron chi connectivity index (χ4n) is 1.61. The number of anilines is 1. The first kappa shape index (κ1) is 12.3. The van der Waals surface area contributed by atoms with E-state index in [0.29, 0.717) is 4.47 Å². The molecule has 0 aliphatic heterocycles. The molecule has 90 valence electrons. The zero-order valence-electron chi connectivity index (χ0n) is 9.00. The Morgan fingerprint density at radius 1 is 1.33 bits per heavy atom. The Morgan fingerprint density at radius 3 is 2.72 bits per heavy atom. The highest BCUT2D eigenvalue weighted by molar-refractivity contribution is 9.10. The molecular weight excluding hydrogens is 301 g/mol. The molecule has 0 spiro atoms. The lowest BCUT2D eigenvalue weighted by Gasteiger charge is -2.07. The minimum atomic E-state index is -0.633. The van der Waals surface area contributed by atoms with Gasteiger partial charge in [0, 0.05) is 15.6 Å². The van der Waals surface area contributed by atoms with Crippen LogP contribution >= 0.6 is 15.9 Å². The summed E-state index contributed by atoms with van der Waals surface area (Å²) in [7, 11) is 0. The lowest BCUT2D eigenvalue weighted by atomic mass is 10.0. The van der Waals surface area contributed by atoms with E-state index in [1.54, 1.807) is 6.07 Å². The molecule has 0 unspecified atom stereocenters. The second-order valence-electron chi connectivity index (χ2n) is 3.58. The van der Waals surface area contributed by atoms with E-state index >= 15 is 0 Å². The number of nitrogens with one attached hydrogen (secondary N) is 1. The van der Waals surface area contributed by atoms with Crippen LogP contribution in [0.3, 0.4) is 0 Å². The Hall–Kier alpha value is -2.13. The number of rotatable bonds is 1. The van der Waals surface area contributed by atoms with Gasteiger partial charge in [-0.15, -0.1) is 0 Å². The van der Waals surface area contributed by atoms with Crippen LogP contribution in [0.15, 0.2) is 33.5 Å². The van der Waals surface area contributed by atoms with E-state index in [4.69, 9.17) is 11.0 Å². The Bertz CT molecular complexity index is 718. The van der Waals surface area contributed by atoms with E-state index in [2.05, 4.69) is 20.9 Å². The van der Waals surface area contributed by atoms with E-state index in [1.165, 1.54) is 24.3 Å². The van der Waals surface area contributed by atoms with Crippen LogP contribution in [-0.4, -0.2) is 4.98 Å². The number of H-pyrrole nitrogens is 1. The maximum absolute atomic E-state index is 13.8. The molecule has 0 atom stereocenters. The third kappa shape index (κ3) is 2.13. The molecule has 1 aromatic heterocycles. The van der Waals surface area contributed by atoms with Gasteiger partial charge < -0.3 is 10.7 Å². The topological polar surface area (TPSA) is 82.7 Å². The van der Waals surface area contributed by atoms with Crippen LogP contribution in [0.1, 0.15) is 5.56 Å². The molecule has 0 saturated heterocycles. The molecule has 0 saturated carbocycles. The van der Waals surface area contributed by atoms with Gasteiger partial charge in [0.2, 0.25) is 0 Å². The van der Waals surface area contributed by atoms with Gasteiger partial charge in [-0.3, -0.25) is 4.79 Å². The smallest absolute Gasteiger partial charge is 0.268 e. The molecule has 0 aliphatic carbocycles. The first-order valence-corrected chi connectivity index (χ1v) is 5.70. The summed E-state index contributed by atoms with van der Waals surface area (Å²) in [5, 5.41) is 8.97. The summed E-state index contributed by atoms with van der Waals surface area (Å²) >= 11 is 3.21. The number of pyridine rings is 1. The van der Waals surface area contributed by atoms with Gasteiger partial charge in [-0.1, -0.05) is 15.9 Å². The van der Waals surface area contributed by atoms with Crippen molar-refractivity contribution < 1.29 is 4.39 Å². The monoisotopic (exact) mass is 307 g/mol. The van der Waals surface area contributed by atoms with Crippen molar-refractivity contribution in [3.63, 3.8) is 0 Å². The van der Waals surface area contributed by atoms with Gasteiger partial charge in [0.15, 0.2) is 0 Å². The average molecular weight is 308 g/mol. The molecule has 2 aromatic rings. The fraction of sp³-hybridized carbons (Fsp3) is 0. The number of nitriles is 1. The van der Waals surface area contributed by atoms with Crippen LogP contribution in [0.4, 0.5) is 10.2 Å². The number of halogens is 2. The summed E-state index contributed by atoms with van der Waals surface area (Å²) in [5.74, 6) is -0.451. The predicted octanol–water partition coefficient (Wildman–Crippen LogP) is 2.40. The first-order valence-electron chi connectivity index (χ1n) is 4.91. The van der Waals surface area contributed by atoms with E-state index in [0.717, 1.165) is 0 Å². The van der Waals surface area contributed by atoms with E-state index in [1.807, 2.05) is 0 Å². The Kier molecular flexibility index (Phi) is 3.17. The molecular formula is C12H7BrFN3O. The highest BCUT2D eigenvalue weighted by Crippen LogP contribution is 2.28. The van der Waals surface area contributed by atoms with Crippen LogP contribution in [0.25, 0.3) is 11.1 Å². The first-order chi connectivity index (χ1) is 8.52. The molecule has 1 aromatic carbocycles. The van der Waals surface area contributed by atoms with Gasteiger partial charge in [0.25, 0.3) is 5.56 Å². The van der Waals surface area contributed by atoms with Crippen LogP contribution in [0.5, 0.6) is 0 Å². The average Bonchev–Trinajstić information content (AvgIpc) is 2.31. The number of benzene rings is 1. The lowest BCUT2D eigenvalue weighted by molar-refractivity contribution is 0.631. The van der Waals surface area contributed by atoms with Gasteiger partial charge >= 0.3 is 0 Å². The normalized spacial score (nSPS) is 10.1. The molecule has 1 heterocycles. The second-order valence-corrected chi connectivity index (χ2v) is 4.49. The highest BCUT2D eigenvalue weighted by atomic mass is 79.9. The van der Waals surface area contributed by atoms with Crippen molar-refractivity contribution >= 4 is 21.7 Å². The summed E-state index contributed by atoms with van der Waals surface area (Å²) in [6.07, 6.45) is 0. The van der Waals surface area contributed by atoms with Gasteiger partial charge in [-0.2, -0.15) is 5.26 Å². The van der Waals surface area contributed by atoms with Crippen LogP contribution in [0, 0.1) is 17.1 Å². The van der Waals surface area contributed by atoms with Crippen LogP contribution < -0.4 is 11.3 Å². The summed E-state index contributed by atoms with van der Waals surface area (Å²) in [5.41, 5.74) is 5.04. The lowest BCUT2D eigenvalue weighted by Crippen LogP contribution is -2.14. The Balaban J connectivity index is 2.83. The zero-order valence-corrected chi connectivity index (χ0v) is 10.6. The van der Waals surface area contributed by atoms with Gasteiger partial charge in [0.1, 0.15) is 23.3 Å². The third-order valence-electron chi connectivity index (χ3n) is 2.38. The molecule has 0 radical (unpaired) electrons. The quantitative estimate of drug-likeness (QED) is 0.848. The fourth-order valence-corrected chi connectivity index (χ4v) is 1.97. The number of aromatic amines is 1. The number of aromatic nitrogens is 1. The predicted molar refractivity (Wildman–Crippen MR) is 69.3 cm³/mol. The van der Waals surface area contributed by atoms with Gasteiger partial charge in [-0.25, -0.2) is 4.39 Å². The molecule has 0 bridgehead atoms. The van der Waals surface area contributed by atoms with Gasteiger partial charge in [-0.05, 0) is 24.3 Å². The SMILES string of the molecule is N#Cc1c(-c2cc(Br)ccc2F)cc(N)[nH]c1=O. The summed E-state index contributed by atoms with van der Waals surface area (Å²) in [6.45, 7) is 0. The molecule has 0 fully saturated rings. The Morgan fingerprint density at radius 2 is 2.06 bits per heavy atom. The van der Waals surface area contributed by atoms with Crippen LogP contribution in [0.2, 0.25) is 0 Å². The van der Waals surface area contributed by atoms with Crippen molar-refractivity contribution in [3.8, 4) is 17.2 Å². The molecule has 0 amide bonds. The largest absolute Gasteiger partial charge is 0.385 e. The summed E-state index contributed by atoms with van der Waals surface area (Å²) in [6, 6.07) is 7.39. The van der Waals surface area contributed by atoms with Crippen molar-refractivity contribution in [2.75, 3.05) is 5.73 Å². The van der Waals surface area contributed by atoms with Crippen molar-refractivity contribution in [2.45, 2.75) is 0 Å². The molecule has 4 nitrogen and oxygen atoms in total. The minimum Gasteiger partial charge on any atom is -0.385 e. The standard InChI is InChI=1S/C12H7BrFN3O/c13-6-1-2-10(14)8(3-6)7-4-11(16)17-12(18)9(7)5-15/h1-4H,(H3,16,17,18). The second kappa shape index (κ2) is 4.63. The Labute approximate surface area is 110 Å². The minimum absolute atomic E-state index is 0.0772. The number of nitrogen functional groups attached to an aromatic ring is 1. The molecule has 0 aliphatic rings. The molecule has 18 heavy (non-hydrogen) atoms. The van der Waals surface area contributed by atoms with Crippen molar-refractivity contribution in [3.05, 3.63) is 50.5 Å². The highest BCUT2D eigenvalue weighted by Gasteiger charge is 2.14. The van der Waals surface area contributed by atoms with Gasteiger partial charge in [0.05, 0.1) is 0 Å². The van der Waals surface area contributed by atoms with Crippen molar-refractivity contribution in [2.24, 2.45) is 0 Å². The molecule has 3 N–H and O–H groups in total. The van der Waals surface area contributed by atoms with Crippen molar-refractivity contribution in [1.82, 2.24) is 4.98 Å². The molecule has 2 rings (SSSR count). The van der Waals surface area contributed by atoms with E-state index < -0.39 is 11.4 Å². The van der Waals surface area contributed by atoms with E-state index in [9.17, 15) is 9.18 Å². The number of nitrogens with zero attached hydrogens (tertiary/aromatic N) is 1. The summed E-state index contributed by atoms with van der Waals surface area (Å²) < 4.78 is 14.4. The zero-order chi connectivity index (χ0) is 13.3. The number of nitrogens with two attached hydrogens (primary N) is 1. The molecule has 6 heteroatoms. The van der Waals surface area contributed by atoms with Crippen LogP contribution in [-0.2, 0) is 0 Å². The van der Waals surface area contributed by atoms with Crippen molar-refractivity contribution in [1.29, 1.82) is 5.26 Å². The third-order valence-corrected chi connectivity index (χ3v) is 2.88. The number of hydrogen-bond donors (Lipinski definition) is 2. The summed E-state index contributed by atoms with van der Waals surface area (Å²) in [4.78, 5) is 13.9. The van der Waals surface area contributed by atoms with E-state index in [-0.39, 0.29) is 22.5 Å². The maximum Gasteiger partial charge on any atom is 0.268 e. The number of hydrogen-bond acceptors (Lipinski definition) is 3. The maximum atomic E-state index is 13.8.